The zero-order valence-corrected chi connectivity index (χ0v) is 19.5. The Balaban J connectivity index is 1.65. The number of hydrogen-bond donors (Lipinski definition) is 3. The summed E-state index contributed by atoms with van der Waals surface area (Å²) in [5, 5.41) is 14.8. The van der Waals surface area contributed by atoms with Crippen LogP contribution in [0.5, 0.6) is 0 Å². The Morgan fingerprint density at radius 1 is 0.939 bits per heavy atom. The van der Waals surface area contributed by atoms with E-state index < -0.39 is 36.2 Å². The molecule has 1 heterocycles. The molecule has 1 aliphatic rings. The lowest BCUT2D eigenvalue weighted by molar-refractivity contribution is -0.139. The highest BCUT2D eigenvalue weighted by atomic mass is 16.7. The third kappa shape index (κ3) is 5.80. The molecule has 9 heteroatoms. The molecule has 1 aliphatic heterocycles. The first kappa shape index (κ1) is 24.5. The van der Waals surface area contributed by atoms with Crippen LogP contribution in [0, 0.1) is 0 Å². The van der Waals surface area contributed by atoms with Gasteiger partial charge in [-0.15, -0.1) is 0 Å². The summed E-state index contributed by atoms with van der Waals surface area (Å²) >= 11 is 0. The minimum atomic E-state index is -1.13. The maximum atomic E-state index is 12.5. The zero-order chi connectivity index (χ0) is 24.4. The van der Waals surface area contributed by atoms with Gasteiger partial charge in [0.1, 0.15) is 6.04 Å². The molecule has 2 amide bonds. The summed E-state index contributed by atoms with van der Waals surface area (Å²) in [5.41, 5.74) is 1.55. The van der Waals surface area contributed by atoms with Gasteiger partial charge in [-0.2, -0.15) is 0 Å². The SMILES string of the molecule is CC(=O)Nc1ccc(C(=O)N[C@H](Cc2ccc(B3OC(C)(C)C(C)(C)O3)cc2)C(=O)O)cc1. The van der Waals surface area contributed by atoms with Crippen LogP contribution in [-0.2, 0) is 25.3 Å². The van der Waals surface area contributed by atoms with Crippen molar-refractivity contribution in [2.24, 2.45) is 0 Å². The molecular formula is C24H29BN2O6. The van der Waals surface area contributed by atoms with Gasteiger partial charge in [-0.25, -0.2) is 4.79 Å². The smallest absolute Gasteiger partial charge is 0.480 e. The number of rotatable bonds is 7. The number of hydrogen-bond acceptors (Lipinski definition) is 5. The second-order valence-corrected chi connectivity index (χ2v) is 9.16. The van der Waals surface area contributed by atoms with E-state index in [1.165, 1.54) is 19.1 Å². The molecule has 3 N–H and O–H groups in total. The molecule has 1 atom stereocenters. The van der Waals surface area contributed by atoms with Gasteiger partial charge < -0.3 is 25.0 Å². The number of carboxylic acid groups (broad SMARTS) is 1. The third-order valence-electron chi connectivity index (χ3n) is 6.02. The number of carbonyl (C=O) groups is 3. The van der Waals surface area contributed by atoms with Crippen LogP contribution < -0.4 is 16.1 Å². The van der Waals surface area contributed by atoms with E-state index in [9.17, 15) is 19.5 Å². The van der Waals surface area contributed by atoms with Crippen molar-refractivity contribution in [3.05, 3.63) is 59.7 Å². The Morgan fingerprint density at radius 2 is 1.48 bits per heavy atom. The third-order valence-corrected chi connectivity index (χ3v) is 6.02. The number of aliphatic carboxylic acids is 1. The van der Waals surface area contributed by atoms with Gasteiger partial charge in [-0.3, -0.25) is 9.59 Å². The van der Waals surface area contributed by atoms with Gasteiger partial charge in [0.15, 0.2) is 0 Å². The van der Waals surface area contributed by atoms with Crippen LogP contribution >= 0.6 is 0 Å². The Labute approximate surface area is 193 Å². The van der Waals surface area contributed by atoms with Crippen molar-refractivity contribution in [3.8, 4) is 0 Å². The molecule has 174 valence electrons. The molecule has 0 spiro atoms. The summed E-state index contributed by atoms with van der Waals surface area (Å²) < 4.78 is 12.1. The monoisotopic (exact) mass is 452 g/mol. The summed E-state index contributed by atoms with van der Waals surface area (Å²) in [5.74, 6) is -1.86. The van der Waals surface area contributed by atoms with Crippen molar-refractivity contribution in [1.82, 2.24) is 5.32 Å². The van der Waals surface area contributed by atoms with Gasteiger partial charge in [0.25, 0.3) is 5.91 Å². The quantitative estimate of drug-likeness (QED) is 0.556. The van der Waals surface area contributed by atoms with Crippen LogP contribution in [0.1, 0.15) is 50.5 Å². The first-order valence-corrected chi connectivity index (χ1v) is 10.7. The highest BCUT2D eigenvalue weighted by Gasteiger charge is 2.51. The van der Waals surface area contributed by atoms with E-state index in [4.69, 9.17) is 9.31 Å². The molecule has 1 fully saturated rings. The van der Waals surface area contributed by atoms with Crippen molar-refractivity contribution in [1.29, 1.82) is 0 Å². The molecular weight excluding hydrogens is 423 g/mol. The Kier molecular flexibility index (Phi) is 6.95. The van der Waals surface area contributed by atoms with Gasteiger partial charge in [0.05, 0.1) is 11.2 Å². The lowest BCUT2D eigenvalue weighted by Crippen LogP contribution is -2.42. The average Bonchev–Trinajstić information content (AvgIpc) is 2.95. The van der Waals surface area contributed by atoms with Crippen molar-refractivity contribution in [2.45, 2.75) is 58.3 Å². The molecule has 0 saturated carbocycles. The van der Waals surface area contributed by atoms with Crippen molar-refractivity contribution < 1.29 is 28.8 Å². The number of carbonyl (C=O) groups excluding carboxylic acids is 2. The molecule has 33 heavy (non-hydrogen) atoms. The van der Waals surface area contributed by atoms with Crippen LogP contribution in [0.3, 0.4) is 0 Å². The van der Waals surface area contributed by atoms with E-state index in [1.807, 2.05) is 52.0 Å². The first-order chi connectivity index (χ1) is 15.4. The number of amides is 2. The minimum absolute atomic E-state index is 0.120. The van der Waals surface area contributed by atoms with E-state index in [1.54, 1.807) is 12.1 Å². The number of carboxylic acids is 1. The standard InChI is InChI=1S/C24H29BN2O6/c1-15(28)26-19-12-8-17(9-13-19)21(29)27-20(22(30)31)14-16-6-10-18(11-7-16)25-32-23(2,3)24(4,5)33-25/h6-13,20H,14H2,1-5H3,(H,26,28)(H,27,29)(H,30,31)/t20-/m1/s1. The van der Waals surface area contributed by atoms with Crippen LogP contribution in [0.15, 0.2) is 48.5 Å². The number of benzene rings is 2. The molecule has 2 aromatic carbocycles. The summed E-state index contributed by atoms with van der Waals surface area (Å²) in [7, 11) is -0.500. The fourth-order valence-electron chi connectivity index (χ4n) is 3.38. The zero-order valence-electron chi connectivity index (χ0n) is 19.5. The van der Waals surface area contributed by atoms with Gasteiger partial charge >= 0.3 is 13.1 Å². The van der Waals surface area contributed by atoms with Crippen molar-refractivity contribution in [2.75, 3.05) is 5.32 Å². The van der Waals surface area contributed by atoms with E-state index in [2.05, 4.69) is 10.6 Å². The largest absolute Gasteiger partial charge is 0.494 e. The Bertz CT molecular complexity index is 1020. The van der Waals surface area contributed by atoms with E-state index >= 15 is 0 Å². The normalized spacial score (nSPS) is 17.3. The molecule has 0 aliphatic carbocycles. The molecule has 1 saturated heterocycles. The van der Waals surface area contributed by atoms with E-state index in [-0.39, 0.29) is 12.3 Å². The topological polar surface area (TPSA) is 114 Å². The Hall–Kier alpha value is -3.17. The molecule has 0 bridgehead atoms. The lowest BCUT2D eigenvalue weighted by atomic mass is 9.78. The van der Waals surface area contributed by atoms with Gasteiger partial charge in [0.2, 0.25) is 5.91 Å². The lowest BCUT2D eigenvalue weighted by Gasteiger charge is -2.32. The van der Waals surface area contributed by atoms with E-state index in [0.29, 0.717) is 11.3 Å². The molecule has 8 nitrogen and oxygen atoms in total. The van der Waals surface area contributed by atoms with Crippen LogP contribution in [-0.4, -0.2) is 47.3 Å². The first-order valence-electron chi connectivity index (χ1n) is 10.7. The maximum Gasteiger partial charge on any atom is 0.494 e. The van der Waals surface area contributed by atoms with Gasteiger partial charge in [-0.1, -0.05) is 24.3 Å². The summed E-state index contributed by atoms with van der Waals surface area (Å²) in [6.45, 7) is 9.31. The van der Waals surface area contributed by atoms with Crippen LogP contribution in [0.25, 0.3) is 0 Å². The van der Waals surface area contributed by atoms with E-state index in [0.717, 1.165) is 11.0 Å². The minimum Gasteiger partial charge on any atom is -0.480 e. The van der Waals surface area contributed by atoms with Crippen LogP contribution in [0.4, 0.5) is 5.69 Å². The molecule has 0 aromatic heterocycles. The number of anilines is 1. The molecule has 2 aromatic rings. The van der Waals surface area contributed by atoms with Gasteiger partial charge in [0, 0.05) is 24.6 Å². The summed E-state index contributed by atoms with van der Waals surface area (Å²) in [6.07, 6.45) is 0.120. The van der Waals surface area contributed by atoms with Crippen LogP contribution in [0.2, 0.25) is 0 Å². The highest BCUT2D eigenvalue weighted by Crippen LogP contribution is 2.36. The number of nitrogens with one attached hydrogen (secondary N) is 2. The maximum absolute atomic E-state index is 12.5. The summed E-state index contributed by atoms with van der Waals surface area (Å²) in [6, 6.07) is 12.4. The second kappa shape index (κ2) is 9.37. The second-order valence-electron chi connectivity index (χ2n) is 9.16. The van der Waals surface area contributed by atoms with Crippen molar-refractivity contribution >= 4 is 36.1 Å². The highest BCUT2D eigenvalue weighted by molar-refractivity contribution is 6.62. The predicted molar refractivity (Wildman–Crippen MR) is 125 cm³/mol. The fourth-order valence-corrected chi connectivity index (χ4v) is 3.38. The molecule has 0 radical (unpaired) electrons. The fraction of sp³-hybridized carbons (Fsp3) is 0.375. The Morgan fingerprint density at radius 3 is 1.97 bits per heavy atom. The molecule has 3 rings (SSSR count). The predicted octanol–water partition coefficient (Wildman–Crippen LogP) is 2.37. The van der Waals surface area contributed by atoms with Gasteiger partial charge in [-0.05, 0) is 63.0 Å². The average molecular weight is 452 g/mol. The summed E-state index contributed by atoms with van der Waals surface area (Å²) in [4.78, 5) is 35.4. The van der Waals surface area contributed by atoms with Crippen molar-refractivity contribution in [3.63, 3.8) is 0 Å². The molecule has 0 unspecified atom stereocenters.